The second kappa shape index (κ2) is 9.78. The van der Waals surface area contributed by atoms with Gasteiger partial charge >= 0.3 is 0 Å². The highest BCUT2D eigenvalue weighted by Gasteiger charge is 2.47. The molecular weight excluding hydrogens is 412 g/mol. The molecule has 0 aliphatic carbocycles. The average Bonchev–Trinajstić information content (AvgIpc) is 3.45. The largest absolute Gasteiger partial charge is 0.390 e. The number of aliphatic hydroxyl groups excluding tert-OH is 1. The van der Waals surface area contributed by atoms with Crippen LogP contribution in [0.2, 0.25) is 0 Å². The summed E-state index contributed by atoms with van der Waals surface area (Å²) < 4.78 is 19.4. The number of rotatable bonds is 8. The van der Waals surface area contributed by atoms with E-state index in [-0.39, 0.29) is 24.4 Å². The maximum absolute atomic E-state index is 10.2. The molecule has 33 heavy (non-hydrogen) atoms. The van der Waals surface area contributed by atoms with Gasteiger partial charge in [0.25, 0.3) is 0 Å². The van der Waals surface area contributed by atoms with E-state index in [1.165, 1.54) is 0 Å². The van der Waals surface area contributed by atoms with Gasteiger partial charge in [-0.05, 0) is 23.1 Å². The van der Waals surface area contributed by atoms with Crippen molar-refractivity contribution in [3.63, 3.8) is 0 Å². The van der Waals surface area contributed by atoms with E-state index in [1.807, 2.05) is 25.1 Å². The van der Waals surface area contributed by atoms with Gasteiger partial charge in [-0.3, -0.25) is 0 Å². The van der Waals surface area contributed by atoms with Gasteiger partial charge in [-0.2, -0.15) is 0 Å². The molecule has 5 atom stereocenters. The predicted octanol–water partition coefficient (Wildman–Crippen LogP) is 5.08. The quantitative estimate of drug-likeness (QED) is 0.492. The fourth-order valence-electron chi connectivity index (χ4n) is 5.27. The Morgan fingerprint density at radius 2 is 1.27 bits per heavy atom. The first-order chi connectivity index (χ1) is 16.2. The Labute approximate surface area is 196 Å². The predicted molar refractivity (Wildman–Crippen MR) is 128 cm³/mol. The molecule has 2 aliphatic rings. The molecule has 2 aliphatic heterocycles. The van der Waals surface area contributed by atoms with Crippen LogP contribution in [0.1, 0.15) is 42.9 Å². The van der Waals surface area contributed by atoms with E-state index in [4.69, 9.17) is 14.2 Å². The van der Waals surface area contributed by atoms with E-state index in [9.17, 15) is 5.11 Å². The fraction of sp³-hybridized carbons (Fsp3) is 0.379. The van der Waals surface area contributed by atoms with Gasteiger partial charge in [-0.15, -0.1) is 0 Å². The minimum absolute atomic E-state index is 0.0318. The lowest BCUT2D eigenvalue weighted by atomic mass is 9.80. The average molecular weight is 445 g/mol. The molecule has 172 valence electrons. The first-order valence-electron chi connectivity index (χ1n) is 12.0. The molecule has 0 radical (unpaired) electrons. The minimum atomic E-state index is -0.743. The van der Waals surface area contributed by atoms with Gasteiger partial charge in [0.1, 0.15) is 5.60 Å². The summed E-state index contributed by atoms with van der Waals surface area (Å²) in [7, 11) is 0. The summed E-state index contributed by atoms with van der Waals surface area (Å²) in [6.07, 6.45) is 1.71. The van der Waals surface area contributed by atoms with Crippen LogP contribution in [0.25, 0.3) is 0 Å². The lowest BCUT2D eigenvalue weighted by molar-refractivity contribution is -0.0656. The number of ether oxygens (including phenoxy) is 3. The molecule has 0 amide bonds. The molecule has 1 N–H and O–H groups in total. The highest BCUT2D eigenvalue weighted by molar-refractivity contribution is 5.47. The second-order valence-electron chi connectivity index (χ2n) is 9.05. The SMILES string of the molecule is CC[C@H](O)[C@@H]1C[C@@H]2O[C@H](COC(c3ccccc3)(c3ccccc3)c3ccccc3)C[C@@H]2O1. The van der Waals surface area contributed by atoms with Crippen molar-refractivity contribution in [2.24, 2.45) is 0 Å². The van der Waals surface area contributed by atoms with Gasteiger partial charge < -0.3 is 19.3 Å². The van der Waals surface area contributed by atoms with E-state index < -0.39 is 11.7 Å². The summed E-state index contributed by atoms with van der Waals surface area (Å²) in [6.45, 7) is 2.44. The molecule has 0 saturated carbocycles. The summed E-state index contributed by atoms with van der Waals surface area (Å²) in [5, 5.41) is 10.2. The van der Waals surface area contributed by atoms with Gasteiger partial charge in [0.15, 0.2) is 0 Å². The number of hydrogen-bond acceptors (Lipinski definition) is 4. The van der Waals surface area contributed by atoms with Crippen LogP contribution in [0, 0.1) is 0 Å². The molecular formula is C29H32O4. The van der Waals surface area contributed by atoms with Crippen LogP contribution in [0.15, 0.2) is 91.0 Å². The molecule has 4 nitrogen and oxygen atoms in total. The van der Waals surface area contributed by atoms with Crippen molar-refractivity contribution in [3.05, 3.63) is 108 Å². The molecule has 2 saturated heterocycles. The Bertz CT molecular complexity index is 897. The van der Waals surface area contributed by atoms with Crippen molar-refractivity contribution in [1.82, 2.24) is 0 Å². The van der Waals surface area contributed by atoms with Crippen LogP contribution < -0.4 is 0 Å². The van der Waals surface area contributed by atoms with Gasteiger partial charge in [-0.1, -0.05) is 97.9 Å². The number of benzene rings is 3. The molecule has 0 aromatic heterocycles. The highest BCUT2D eigenvalue weighted by Crippen LogP contribution is 2.42. The van der Waals surface area contributed by atoms with Crippen molar-refractivity contribution >= 4 is 0 Å². The third kappa shape index (κ3) is 4.36. The van der Waals surface area contributed by atoms with Crippen molar-refractivity contribution in [2.75, 3.05) is 6.61 Å². The summed E-state index contributed by atoms with van der Waals surface area (Å²) in [5.41, 5.74) is 2.51. The fourth-order valence-corrected chi connectivity index (χ4v) is 5.27. The van der Waals surface area contributed by atoms with Crippen LogP contribution in [0.5, 0.6) is 0 Å². The number of fused-ring (bicyclic) bond motifs is 1. The molecule has 5 rings (SSSR count). The Morgan fingerprint density at radius 1 is 0.788 bits per heavy atom. The number of aliphatic hydroxyl groups is 1. The van der Waals surface area contributed by atoms with Crippen LogP contribution >= 0.6 is 0 Å². The van der Waals surface area contributed by atoms with Crippen molar-refractivity contribution in [2.45, 2.75) is 62.3 Å². The lowest BCUT2D eigenvalue weighted by Gasteiger charge is -2.36. The van der Waals surface area contributed by atoms with E-state index in [2.05, 4.69) is 72.8 Å². The second-order valence-corrected chi connectivity index (χ2v) is 9.05. The maximum atomic E-state index is 10.2. The molecule has 3 aromatic carbocycles. The third-order valence-corrected chi connectivity index (χ3v) is 6.97. The smallest absolute Gasteiger partial charge is 0.143 e. The zero-order valence-corrected chi connectivity index (χ0v) is 19.0. The molecule has 4 heteroatoms. The monoisotopic (exact) mass is 444 g/mol. The van der Waals surface area contributed by atoms with Crippen molar-refractivity contribution < 1.29 is 19.3 Å². The van der Waals surface area contributed by atoms with E-state index in [1.54, 1.807) is 0 Å². The molecule has 0 unspecified atom stereocenters. The van der Waals surface area contributed by atoms with Gasteiger partial charge in [0, 0.05) is 12.8 Å². The van der Waals surface area contributed by atoms with E-state index in [0.29, 0.717) is 13.0 Å². The van der Waals surface area contributed by atoms with Gasteiger partial charge in [0.05, 0.1) is 37.1 Å². The van der Waals surface area contributed by atoms with E-state index in [0.717, 1.165) is 29.5 Å². The standard InChI is InChI=1S/C29H32O4/c1-2-25(30)26-19-28-27(33-26)18-24(32-28)20-31-29(21-12-6-3-7-13-21,22-14-8-4-9-15-22)23-16-10-5-11-17-23/h3-17,24-28,30H,2,18-20H2,1H3/t24-,25-,26-,27-,28-/m0/s1. The van der Waals surface area contributed by atoms with Crippen LogP contribution in [-0.4, -0.2) is 42.2 Å². The highest BCUT2D eigenvalue weighted by atomic mass is 16.6. The first kappa shape index (κ1) is 22.3. The van der Waals surface area contributed by atoms with Crippen molar-refractivity contribution in [1.29, 1.82) is 0 Å². The Kier molecular flexibility index (Phi) is 6.61. The summed E-state index contributed by atoms with van der Waals surface area (Å²) in [4.78, 5) is 0. The normalized spacial score (nSPS) is 25.6. The first-order valence-corrected chi connectivity index (χ1v) is 12.0. The summed E-state index contributed by atoms with van der Waals surface area (Å²) >= 11 is 0. The van der Waals surface area contributed by atoms with E-state index >= 15 is 0 Å². The minimum Gasteiger partial charge on any atom is -0.390 e. The van der Waals surface area contributed by atoms with Crippen LogP contribution in [-0.2, 0) is 19.8 Å². The van der Waals surface area contributed by atoms with Crippen LogP contribution in [0.3, 0.4) is 0 Å². The molecule has 0 spiro atoms. The van der Waals surface area contributed by atoms with Gasteiger partial charge in [-0.25, -0.2) is 0 Å². The Balaban J connectivity index is 1.42. The van der Waals surface area contributed by atoms with Crippen molar-refractivity contribution in [3.8, 4) is 0 Å². The molecule has 0 bridgehead atoms. The molecule has 2 fully saturated rings. The third-order valence-electron chi connectivity index (χ3n) is 6.97. The van der Waals surface area contributed by atoms with Crippen LogP contribution in [0.4, 0.5) is 0 Å². The lowest BCUT2D eigenvalue weighted by Crippen LogP contribution is -2.36. The summed E-state index contributed by atoms with van der Waals surface area (Å²) in [5.74, 6) is 0. The molecule has 2 heterocycles. The molecule has 3 aromatic rings. The number of hydrogen-bond donors (Lipinski definition) is 1. The maximum Gasteiger partial charge on any atom is 0.143 e. The summed E-state index contributed by atoms with van der Waals surface area (Å²) in [6, 6.07) is 31.2. The van der Waals surface area contributed by atoms with Gasteiger partial charge in [0.2, 0.25) is 0 Å². The Morgan fingerprint density at radius 3 is 1.73 bits per heavy atom. The zero-order valence-electron chi connectivity index (χ0n) is 19.0. The Hall–Kier alpha value is -2.50. The topological polar surface area (TPSA) is 47.9 Å². The zero-order chi connectivity index (χ0) is 22.7.